The number of halogens is 3. The lowest BCUT2D eigenvalue weighted by atomic mass is 9.96. The van der Waals surface area contributed by atoms with Gasteiger partial charge in [0.2, 0.25) is 0 Å². The number of hydrogen-bond donors (Lipinski definition) is 0. The van der Waals surface area contributed by atoms with Crippen LogP contribution in [0.15, 0.2) is 438 Å². The number of nitrogens with zero attached hydrogens (tertiary/aromatic N) is 3. The van der Waals surface area contributed by atoms with E-state index in [2.05, 4.69) is 487 Å². The molecule has 17 aromatic rings. The van der Waals surface area contributed by atoms with Crippen LogP contribution in [0.1, 0.15) is 0 Å². The molecule has 0 saturated heterocycles. The number of hydrogen-bond acceptors (Lipinski definition) is 3. The van der Waals surface area contributed by atoms with E-state index in [1.807, 2.05) is 0 Å². The van der Waals surface area contributed by atoms with Gasteiger partial charge < -0.3 is 14.7 Å². The molecule has 0 N–H and O–H groups in total. The van der Waals surface area contributed by atoms with E-state index in [1.54, 1.807) is 0 Å². The molecule has 0 heterocycles. The normalized spacial score (nSPS) is 10.8. The fourth-order valence-electron chi connectivity index (χ4n) is 13.4. The second-order valence-electron chi connectivity index (χ2n) is 25.2. The average Bonchev–Trinajstić information content (AvgIpc) is 0.785. The zero-order valence-electron chi connectivity index (χ0n) is 56.9. The highest BCUT2D eigenvalue weighted by Crippen LogP contribution is 2.45. The van der Waals surface area contributed by atoms with Crippen LogP contribution in [0.3, 0.4) is 0 Å². The van der Waals surface area contributed by atoms with Crippen molar-refractivity contribution in [3.8, 4) is 66.8 Å². The molecule has 0 radical (unpaired) electrons. The van der Waals surface area contributed by atoms with Gasteiger partial charge in [-0.3, -0.25) is 0 Å². The van der Waals surface area contributed by atoms with Crippen LogP contribution >= 0.6 is 47.8 Å². The summed E-state index contributed by atoms with van der Waals surface area (Å²) >= 11 is 10.6. The Bertz CT molecular complexity index is 5530. The Balaban J connectivity index is 0.000000126. The lowest BCUT2D eigenvalue weighted by molar-refractivity contribution is 1.28. The quantitative estimate of drug-likeness (QED) is 0.101. The van der Waals surface area contributed by atoms with Gasteiger partial charge in [0, 0.05) is 64.0 Å². The number of benzene rings is 17. The van der Waals surface area contributed by atoms with E-state index in [0.717, 1.165) is 58.9 Å². The Morgan fingerprint density at radius 3 is 0.740 bits per heavy atom. The molecular weight excluding hydrogens is 1460 g/mol. The molecule has 498 valence electrons. The van der Waals surface area contributed by atoms with Crippen molar-refractivity contribution in [2.24, 2.45) is 0 Å². The van der Waals surface area contributed by atoms with Gasteiger partial charge >= 0.3 is 0 Å². The van der Waals surface area contributed by atoms with Crippen molar-refractivity contribution in [2.75, 3.05) is 14.7 Å². The van der Waals surface area contributed by atoms with E-state index >= 15 is 0 Å². The van der Waals surface area contributed by atoms with Crippen LogP contribution in [-0.2, 0) is 0 Å². The Morgan fingerprint density at radius 2 is 0.385 bits per heavy atom. The molecule has 0 spiro atoms. The third kappa shape index (κ3) is 15.8. The van der Waals surface area contributed by atoms with Crippen molar-refractivity contribution < 1.29 is 0 Å². The van der Waals surface area contributed by atoms with E-state index in [9.17, 15) is 0 Å². The summed E-state index contributed by atoms with van der Waals surface area (Å²) in [5.41, 5.74) is 24.8. The third-order valence-corrected chi connectivity index (χ3v) is 20.2. The van der Waals surface area contributed by atoms with Gasteiger partial charge in [0.25, 0.3) is 0 Å². The SMILES string of the molecule is Brc1ccc(-c2ccc(N(c3ccc(-c4ccccc4)cc3)c3ccc(-c4ccccc4)cc3)cc2)cc1.Brc1ccc(-c2ccc(N(c3ccccc3)c3ccc(-c4ccccc4)c4ccccc34)cc2)cc1.Brc1ccc(-c2ccc(N(c3ccccc3)c3cccc4ccccc34)cc2)cc1. The summed E-state index contributed by atoms with van der Waals surface area (Å²) in [5.74, 6) is 0. The second kappa shape index (κ2) is 32.4. The molecule has 0 unspecified atom stereocenters. The first kappa shape index (κ1) is 67.9. The van der Waals surface area contributed by atoms with Crippen molar-refractivity contribution in [3.63, 3.8) is 0 Å². The van der Waals surface area contributed by atoms with Gasteiger partial charge in [-0.25, -0.2) is 0 Å². The molecular formula is C98H70Br3N3. The van der Waals surface area contributed by atoms with E-state index in [-0.39, 0.29) is 0 Å². The minimum atomic E-state index is 1.09. The molecule has 0 amide bonds. The summed E-state index contributed by atoms with van der Waals surface area (Å²) in [6, 6.07) is 150. The minimum Gasteiger partial charge on any atom is -0.311 e. The smallest absolute Gasteiger partial charge is 0.0540 e. The molecule has 0 aromatic heterocycles. The van der Waals surface area contributed by atoms with Crippen molar-refractivity contribution in [1.29, 1.82) is 0 Å². The molecule has 17 rings (SSSR count). The predicted molar refractivity (Wildman–Crippen MR) is 454 cm³/mol. The lowest BCUT2D eigenvalue weighted by Crippen LogP contribution is -2.10. The van der Waals surface area contributed by atoms with Crippen LogP contribution in [0.25, 0.3) is 88.3 Å². The maximum Gasteiger partial charge on any atom is 0.0540 e. The maximum absolute atomic E-state index is 3.53. The average molecular weight is 1530 g/mol. The number of anilines is 9. The first-order valence-corrected chi connectivity index (χ1v) is 37.1. The summed E-state index contributed by atoms with van der Waals surface area (Å²) in [7, 11) is 0. The topological polar surface area (TPSA) is 9.72 Å². The molecule has 0 aliphatic carbocycles. The van der Waals surface area contributed by atoms with Crippen LogP contribution in [0.2, 0.25) is 0 Å². The van der Waals surface area contributed by atoms with Crippen molar-refractivity contribution in [2.45, 2.75) is 0 Å². The Kier molecular flexibility index (Phi) is 21.1. The van der Waals surface area contributed by atoms with Gasteiger partial charge in [-0.1, -0.05) is 339 Å². The first-order chi connectivity index (χ1) is 51.3. The molecule has 0 atom stereocenters. The third-order valence-electron chi connectivity index (χ3n) is 18.6. The number of rotatable bonds is 15. The molecule has 104 heavy (non-hydrogen) atoms. The molecule has 0 saturated carbocycles. The van der Waals surface area contributed by atoms with E-state index in [0.29, 0.717) is 0 Å². The Morgan fingerprint density at radius 1 is 0.144 bits per heavy atom. The minimum absolute atomic E-state index is 1.09. The summed E-state index contributed by atoms with van der Waals surface area (Å²) in [4.78, 5) is 6.99. The summed E-state index contributed by atoms with van der Waals surface area (Å²) < 4.78 is 3.26. The molecule has 0 aliphatic heterocycles. The van der Waals surface area contributed by atoms with Crippen LogP contribution in [0, 0.1) is 0 Å². The molecule has 17 aromatic carbocycles. The van der Waals surface area contributed by atoms with E-state index < -0.39 is 0 Å². The van der Waals surface area contributed by atoms with Crippen molar-refractivity contribution >= 4 is 121 Å². The summed E-state index contributed by atoms with van der Waals surface area (Å²) in [5, 5.41) is 4.94. The van der Waals surface area contributed by atoms with Crippen LogP contribution in [-0.4, -0.2) is 0 Å². The van der Waals surface area contributed by atoms with Gasteiger partial charge in [-0.2, -0.15) is 0 Å². The Labute approximate surface area is 634 Å². The largest absolute Gasteiger partial charge is 0.311 e. The highest BCUT2D eigenvalue weighted by atomic mass is 79.9. The standard InChI is InChI=1S/C36H26BrN.C34H24BrN.C28H20BrN/c37-33-19-11-29(12-20-33)32-17-25-36(26-18-32)38(34-21-13-30(14-22-34)27-7-3-1-4-8-27)35-23-15-31(16-24-35)28-9-5-2-6-10-28;35-28-19-15-25(16-20-28)26-17-21-30(22-18-26)36(29-11-5-2-6-12-29)34-24-23-31(27-9-3-1-4-10-27)32-13-7-8-14-33(32)34;29-24-17-13-21(14-18-24)22-15-19-26(20-16-22)30(25-9-2-1-3-10-25)28-12-6-8-23-7-4-5-11-27(23)28/h1-26H;1-24H;1-20H. The molecule has 0 bridgehead atoms. The lowest BCUT2D eigenvalue weighted by Gasteiger charge is -2.27. The number of para-hydroxylation sites is 2. The van der Waals surface area contributed by atoms with Gasteiger partial charge in [0.15, 0.2) is 0 Å². The molecule has 0 fully saturated rings. The zero-order valence-corrected chi connectivity index (χ0v) is 61.6. The molecule has 6 heteroatoms. The van der Waals surface area contributed by atoms with Crippen molar-refractivity contribution in [1.82, 2.24) is 0 Å². The van der Waals surface area contributed by atoms with E-state index in [4.69, 9.17) is 0 Å². The predicted octanol–water partition coefficient (Wildman–Crippen LogP) is 30.1. The molecule has 3 nitrogen and oxygen atoms in total. The highest BCUT2D eigenvalue weighted by Gasteiger charge is 2.20. The zero-order chi connectivity index (χ0) is 70.4. The molecule has 0 aliphatic rings. The fourth-order valence-corrected chi connectivity index (χ4v) is 14.2. The summed E-state index contributed by atoms with van der Waals surface area (Å²) in [6.45, 7) is 0. The van der Waals surface area contributed by atoms with Crippen molar-refractivity contribution in [3.05, 3.63) is 438 Å². The Hall–Kier alpha value is -11.9. The monoisotopic (exact) mass is 1530 g/mol. The number of fused-ring (bicyclic) bond motifs is 2. The van der Waals surface area contributed by atoms with Gasteiger partial charge in [-0.05, 0) is 211 Å². The van der Waals surface area contributed by atoms with Crippen LogP contribution in [0.5, 0.6) is 0 Å². The fraction of sp³-hybridized carbons (Fsp3) is 0. The van der Waals surface area contributed by atoms with Crippen LogP contribution in [0.4, 0.5) is 51.2 Å². The summed E-state index contributed by atoms with van der Waals surface area (Å²) in [6.07, 6.45) is 0. The van der Waals surface area contributed by atoms with Crippen LogP contribution < -0.4 is 14.7 Å². The maximum atomic E-state index is 3.53. The second-order valence-corrected chi connectivity index (χ2v) is 28.0. The highest BCUT2D eigenvalue weighted by molar-refractivity contribution is 9.11. The first-order valence-electron chi connectivity index (χ1n) is 34.8. The van der Waals surface area contributed by atoms with E-state index in [1.165, 1.54) is 94.0 Å². The van der Waals surface area contributed by atoms with Gasteiger partial charge in [0.1, 0.15) is 0 Å². The van der Waals surface area contributed by atoms with Gasteiger partial charge in [-0.15, -0.1) is 0 Å². The van der Waals surface area contributed by atoms with Gasteiger partial charge in [0.05, 0.1) is 11.4 Å².